The number of likely N-dealkylation sites (tertiary alicyclic amines) is 1. The van der Waals surface area contributed by atoms with E-state index in [1.54, 1.807) is 0 Å². The van der Waals surface area contributed by atoms with Gasteiger partial charge in [0.25, 0.3) is 0 Å². The monoisotopic (exact) mass is 360 g/mol. The molecule has 1 aromatic carbocycles. The van der Waals surface area contributed by atoms with Gasteiger partial charge in [0.1, 0.15) is 0 Å². The van der Waals surface area contributed by atoms with Crippen molar-refractivity contribution in [1.82, 2.24) is 20.4 Å². The Labute approximate surface area is 156 Å². The van der Waals surface area contributed by atoms with Crippen LogP contribution in [0.4, 0.5) is 4.79 Å². The van der Waals surface area contributed by atoms with Gasteiger partial charge >= 0.3 is 6.03 Å². The lowest BCUT2D eigenvalue weighted by atomic mass is 10.1. The Balaban J connectivity index is 1.47. The van der Waals surface area contributed by atoms with E-state index in [0.29, 0.717) is 6.54 Å². The van der Waals surface area contributed by atoms with Crippen LogP contribution in [0.5, 0.6) is 0 Å². The van der Waals surface area contributed by atoms with Crippen LogP contribution in [0, 0.1) is 0 Å². The van der Waals surface area contributed by atoms with E-state index >= 15 is 0 Å². The van der Waals surface area contributed by atoms with Crippen molar-refractivity contribution < 1.29 is 9.53 Å². The van der Waals surface area contributed by atoms with Crippen LogP contribution in [0.1, 0.15) is 31.4 Å². The first-order valence-corrected chi connectivity index (χ1v) is 9.86. The molecular formula is C20H32N4O2. The second kappa shape index (κ2) is 9.90. The van der Waals surface area contributed by atoms with Crippen LogP contribution in [-0.4, -0.2) is 74.4 Å². The summed E-state index contributed by atoms with van der Waals surface area (Å²) in [4.78, 5) is 17.2. The van der Waals surface area contributed by atoms with Gasteiger partial charge in [0.05, 0.1) is 19.3 Å². The van der Waals surface area contributed by atoms with Gasteiger partial charge in [0.2, 0.25) is 0 Å². The van der Waals surface area contributed by atoms with Crippen molar-refractivity contribution in [2.24, 2.45) is 0 Å². The molecule has 0 aromatic heterocycles. The van der Waals surface area contributed by atoms with Crippen molar-refractivity contribution >= 4 is 6.03 Å². The topological polar surface area (TPSA) is 56.8 Å². The zero-order valence-corrected chi connectivity index (χ0v) is 15.8. The maximum Gasteiger partial charge on any atom is 0.315 e. The number of carbonyl (C=O) groups excluding carboxylic acids is 1. The van der Waals surface area contributed by atoms with E-state index in [1.807, 2.05) is 6.07 Å². The van der Waals surface area contributed by atoms with Gasteiger partial charge in [-0.15, -0.1) is 0 Å². The summed E-state index contributed by atoms with van der Waals surface area (Å²) in [6.45, 7) is 9.24. The third-order valence-corrected chi connectivity index (χ3v) is 5.24. The van der Waals surface area contributed by atoms with E-state index in [4.69, 9.17) is 4.74 Å². The van der Waals surface area contributed by atoms with E-state index in [0.717, 1.165) is 45.9 Å². The zero-order valence-electron chi connectivity index (χ0n) is 15.8. The highest BCUT2D eigenvalue weighted by Gasteiger charge is 2.24. The second-order valence-electron chi connectivity index (χ2n) is 7.34. The van der Waals surface area contributed by atoms with Gasteiger partial charge < -0.3 is 15.4 Å². The van der Waals surface area contributed by atoms with Gasteiger partial charge in [-0.25, -0.2) is 4.79 Å². The van der Waals surface area contributed by atoms with Crippen LogP contribution >= 0.6 is 0 Å². The van der Waals surface area contributed by atoms with E-state index in [-0.39, 0.29) is 18.1 Å². The molecule has 2 saturated heterocycles. The average molecular weight is 361 g/mol. The van der Waals surface area contributed by atoms with Crippen LogP contribution in [0.3, 0.4) is 0 Å². The van der Waals surface area contributed by atoms with Crippen molar-refractivity contribution in [2.75, 3.05) is 52.5 Å². The Morgan fingerprint density at radius 1 is 1.12 bits per heavy atom. The largest absolute Gasteiger partial charge is 0.379 e. The maximum atomic E-state index is 12.4. The van der Waals surface area contributed by atoms with Crippen LogP contribution in [-0.2, 0) is 4.74 Å². The van der Waals surface area contributed by atoms with Crippen LogP contribution < -0.4 is 10.6 Å². The first kappa shape index (κ1) is 19.1. The number of ether oxygens (including phenoxy) is 1. The number of hydrogen-bond acceptors (Lipinski definition) is 4. The van der Waals surface area contributed by atoms with Gasteiger partial charge in [0, 0.05) is 32.2 Å². The quantitative estimate of drug-likeness (QED) is 0.779. The highest BCUT2D eigenvalue weighted by atomic mass is 16.5. The maximum absolute atomic E-state index is 12.4. The number of hydrogen-bond donors (Lipinski definition) is 2. The lowest BCUT2D eigenvalue weighted by Gasteiger charge is -2.30. The Hall–Kier alpha value is -1.63. The zero-order chi connectivity index (χ0) is 18.2. The van der Waals surface area contributed by atoms with Gasteiger partial charge in [-0.3, -0.25) is 9.80 Å². The van der Waals surface area contributed by atoms with Crippen molar-refractivity contribution in [2.45, 2.75) is 31.8 Å². The number of amides is 2. The highest BCUT2D eigenvalue weighted by Crippen LogP contribution is 2.24. The van der Waals surface area contributed by atoms with Crippen LogP contribution in [0.2, 0.25) is 0 Å². The highest BCUT2D eigenvalue weighted by molar-refractivity contribution is 5.74. The molecule has 2 amide bonds. The summed E-state index contributed by atoms with van der Waals surface area (Å²) >= 11 is 0. The van der Waals surface area contributed by atoms with Crippen molar-refractivity contribution in [3.05, 3.63) is 35.9 Å². The molecule has 0 radical (unpaired) electrons. The number of nitrogens with zero attached hydrogens (tertiary/aromatic N) is 2. The van der Waals surface area contributed by atoms with Gasteiger partial charge in [-0.05, 0) is 38.4 Å². The van der Waals surface area contributed by atoms with Gasteiger partial charge in [-0.1, -0.05) is 30.3 Å². The fourth-order valence-corrected chi connectivity index (χ4v) is 3.87. The summed E-state index contributed by atoms with van der Waals surface area (Å²) in [5.41, 5.74) is 1.27. The molecular weight excluding hydrogens is 328 g/mol. The predicted molar refractivity (Wildman–Crippen MR) is 103 cm³/mol. The van der Waals surface area contributed by atoms with E-state index in [2.05, 4.69) is 51.6 Å². The molecule has 144 valence electrons. The molecule has 1 aromatic rings. The summed E-state index contributed by atoms with van der Waals surface area (Å²) in [5, 5.41) is 6.16. The van der Waals surface area contributed by atoms with Crippen molar-refractivity contribution in [1.29, 1.82) is 0 Å². The fraction of sp³-hybridized carbons (Fsp3) is 0.650. The number of morpholine rings is 1. The molecule has 0 spiro atoms. The number of nitrogens with one attached hydrogen (secondary N) is 2. The van der Waals surface area contributed by atoms with Crippen molar-refractivity contribution in [3.63, 3.8) is 0 Å². The molecule has 6 nitrogen and oxygen atoms in total. The van der Waals surface area contributed by atoms with E-state index in [1.165, 1.54) is 18.4 Å². The van der Waals surface area contributed by atoms with Crippen LogP contribution in [0.25, 0.3) is 0 Å². The first-order chi connectivity index (χ1) is 12.7. The number of carbonyl (C=O) groups is 1. The van der Waals surface area contributed by atoms with Crippen LogP contribution in [0.15, 0.2) is 30.3 Å². The summed E-state index contributed by atoms with van der Waals surface area (Å²) in [6, 6.07) is 10.8. The normalized spacial score (nSPS) is 21.3. The van der Waals surface area contributed by atoms with Gasteiger partial charge in [-0.2, -0.15) is 0 Å². The van der Waals surface area contributed by atoms with E-state index < -0.39 is 0 Å². The molecule has 3 rings (SSSR count). The minimum atomic E-state index is -0.0779. The molecule has 2 unspecified atom stereocenters. The SMILES string of the molecule is CC(CN1CCOCC1)NC(=O)NCC(c1ccccc1)N1CCCC1. The summed E-state index contributed by atoms with van der Waals surface area (Å²) in [6.07, 6.45) is 2.48. The Morgan fingerprint density at radius 3 is 2.50 bits per heavy atom. The van der Waals surface area contributed by atoms with Crippen molar-refractivity contribution in [3.8, 4) is 0 Å². The molecule has 0 aliphatic carbocycles. The third kappa shape index (κ3) is 5.69. The molecule has 2 aliphatic rings. The number of benzene rings is 1. The Morgan fingerprint density at radius 2 is 1.81 bits per heavy atom. The molecule has 2 heterocycles. The second-order valence-corrected chi connectivity index (χ2v) is 7.34. The molecule has 2 fully saturated rings. The number of rotatable bonds is 7. The molecule has 6 heteroatoms. The molecule has 2 atom stereocenters. The summed E-state index contributed by atoms with van der Waals surface area (Å²) < 4.78 is 5.37. The predicted octanol–water partition coefficient (Wildman–Crippen LogP) is 1.84. The molecule has 26 heavy (non-hydrogen) atoms. The lowest BCUT2D eigenvalue weighted by molar-refractivity contribution is 0.0349. The summed E-state index contributed by atoms with van der Waals surface area (Å²) in [5.74, 6) is 0. The molecule has 2 aliphatic heterocycles. The number of urea groups is 1. The fourth-order valence-electron chi connectivity index (χ4n) is 3.87. The van der Waals surface area contributed by atoms with E-state index in [9.17, 15) is 4.79 Å². The molecule has 2 N–H and O–H groups in total. The smallest absolute Gasteiger partial charge is 0.315 e. The lowest BCUT2D eigenvalue weighted by Crippen LogP contribution is -2.49. The van der Waals surface area contributed by atoms with Gasteiger partial charge in [0.15, 0.2) is 0 Å². The minimum Gasteiger partial charge on any atom is -0.379 e. The Kier molecular flexibility index (Phi) is 7.29. The standard InChI is InChI=1S/C20H32N4O2/c1-17(16-23-11-13-26-14-12-23)22-20(25)21-15-19(24-9-5-6-10-24)18-7-3-2-4-8-18/h2-4,7-8,17,19H,5-6,9-16H2,1H3,(H2,21,22,25). The Bertz CT molecular complexity index is 542. The average Bonchev–Trinajstić information content (AvgIpc) is 3.18. The molecule has 0 saturated carbocycles. The third-order valence-electron chi connectivity index (χ3n) is 5.24. The molecule has 0 bridgehead atoms. The minimum absolute atomic E-state index is 0.0779. The summed E-state index contributed by atoms with van der Waals surface area (Å²) in [7, 11) is 0. The first-order valence-electron chi connectivity index (χ1n) is 9.86.